The van der Waals surface area contributed by atoms with Gasteiger partial charge in [-0.2, -0.15) is 24.1 Å². The van der Waals surface area contributed by atoms with E-state index in [0.29, 0.717) is 28.4 Å². The largest absolute Gasteiger partial charge is 0.509 e. The normalized spacial score (nSPS) is 13.9. The van der Waals surface area contributed by atoms with E-state index in [1.165, 1.54) is 4.90 Å². The van der Waals surface area contributed by atoms with Crippen LogP contribution in [0.5, 0.6) is 11.5 Å². The number of pyridine rings is 1. The number of ether oxygens (including phenoxy) is 1. The molecule has 0 saturated carbocycles. The number of nitrogens with zero attached hydrogens (tertiary/aromatic N) is 6. The van der Waals surface area contributed by atoms with Gasteiger partial charge in [-0.05, 0) is 54.8 Å². The molecule has 0 atom stereocenters. The molecule has 0 bridgehead atoms. The number of nitriles is 1. The summed E-state index contributed by atoms with van der Waals surface area (Å²) in [6.07, 6.45) is 1.80. The van der Waals surface area contributed by atoms with E-state index >= 15 is 0 Å². The van der Waals surface area contributed by atoms with Crippen LogP contribution in [-0.4, -0.2) is 20.8 Å². The first kappa shape index (κ1) is 27.4. The van der Waals surface area contributed by atoms with Crippen molar-refractivity contribution in [1.29, 1.82) is 5.26 Å². The molecule has 0 saturated heterocycles. The molecule has 8 heteroatoms. The zero-order valence-corrected chi connectivity index (χ0v) is 29.4. The average molecular weight is 852 g/mol. The molecule has 250 valence electrons. The second kappa shape index (κ2) is 11.3. The molecule has 0 N–H and O–H groups in total. The van der Waals surface area contributed by atoms with Gasteiger partial charge in [0.2, 0.25) is 0 Å². The monoisotopic (exact) mass is 851 g/mol. The molecule has 6 aromatic carbocycles. The Morgan fingerprint density at radius 3 is 2.35 bits per heavy atom. The zero-order valence-electron chi connectivity index (χ0n) is 30.1. The summed E-state index contributed by atoms with van der Waals surface area (Å²) in [4.78, 5) is 8.09. The standard InChI is InChI=1S/C44H25N6O.Pt/c1-47-26-48(39-17-5-4-16-38(39)47)28-9-6-10-29(23-28)51-30-18-19-32-36-21-27(25-45)22-41-43(36)50(40(32)24-30)44-35(14-8-20-46-44)34-13-7-12-33-31-11-2-3-15-37(31)49(41)42(33)34;/h2-22,26H,1H3;/q-3;/i1D3;. The Hall–Kier alpha value is -6.35. The Kier molecular flexibility index (Phi) is 5.97. The number of hydrogen-bond acceptors (Lipinski definition) is 5. The van der Waals surface area contributed by atoms with Crippen molar-refractivity contribution < 1.29 is 29.9 Å². The van der Waals surface area contributed by atoms with E-state index in [0.717, 1.165) is 71.2 Å². The van der Waals surface area contributed by atoms with Gasteiger partial charge in [0.05, 0.1) is 33.7 Å². The Labute approximate surface area is 316 Å². The van der Waals surface area contributed by atoms with E-state index in [1.54, 1.807) is 23.8 Å². The molecule has 0 amide bonds. The van der Waals surface area contributed by atoms with E-state index in [1.807, 2.05) is 72.8 Å². The molecular formula is C44H25N6OPt-3. The molecule has 1 aliphatic rings. The average Bonchev–Trinajstić information content (AvgIpc) is 3.85. The Morgan fingerprint density at radius 1 is 0.692 bits per heavy atom. The van der Waals surface area contributed by atoms with Gasteiger partial charge in [-0.25, -0.2) is 4.98 Å². The zero-order chi connectivity index (χ0) is 36.3. The summed E-state index contributed by atoms with van der Waals surface area (Å²) in [5, 5.41) is 16.4. The van der Waals surface area contributed by atoms with Gasteiger partial charge in [0.25, 0.3) is 0 Å². The third-order valence-corrected chi connectivity index (χ3v) is 9.94. The molecule has 10 aromatic rings. The molecule has 0 radical (unpaired) electrons. The van der Waals surface area contributed by atoms with Crippen molar-refractivity contribution in [3.8, 4) is 17.6 Å². The van der Waals surface area contributed by atoms with E-state index < -0.39 is 6.98 Å². The van der Waals surface area contributed by atoms with Gasteiger partial charge in [-0.1, -0.05) is 54.0 Å². The summed E-state index contributed by atoms with van der Waals surface area (Å²) >= 11 is 0. The maximum Gasteiger partial charge on any atom is 0.143 e. The minimum absolute atomic E-state index is 0. The van der Waals surface area contributed by atoms with Crippen LogP contribution in [0.15, 0.2) is 128 Å². The summed E-state index contributed by atoms with van der Waals surface area (Å²) in [6.45, 7) is -0.780. The molecule has 4 aromatic heterocycles. The molecule has 0 spiro atoms. The molecule has 0 aliphatic carbocycles. The number of benzene rings is 6. The molecule has 5 heterocycles. The van der Waals surface area contributed by atoms with Gasteiger partial charge in [-0.15, -0.1) is 41.4 Å². The Morgan fingerprint density at radius 2 is 1.46 bits per heavy atom. The van der Waals surface area contributed by atoms with Gasteiger partial charge in [0, 0.05) is 75.8 Å². The van der Waals surface area contributed by atoms with Crippen LogP contribution in [0.25, 0.3) is 65.5 Å². The number of rotatable bonds is 3. The molecule has 11 rings (SSSR count). The van der Waals surface area contributed by atoms with Crippen LogP contribution < -0.4 is 14.5 Å². The Bertz CT molecular complexity index is 3270. The van der Waals surface area contributed by atoms with Crippen LogP contribution in [0.3, 0.4) is 0 Å². The fraction of sp³-hybridized carbons (Fsp3) is 0.0227. The number of aromatic nitrogens is 3. The maximum absolute atomic E-state index is 10.3. The van der Waals surface area contributed by atoms with Crippen molar-refractivity contribution in [2.45, 2.75) is 0 Å². The third-order valence-electron chi connectivity index (χ3n) is 9.94. The number of hydrogen-bond donors (Lipinski definition) is 0. The summed E-state index contributed by atoms with van der Waals surface area (Å²) in [6, 6.07) is 48.8. The fourth-order valence-electron chi connectivity index (χ4n) is 7.86. The molecule has 52 heavy (non-hydrogen) atoms. The minimum atomic E-state index is -2.36. The topological polar surface area (TPSA) is 61.2 Å². The summed E-state index contributed by atoms with van der Waals surface area (Å²) in [7, 11) is 0. The quantitative estimate of drug-likeness (QED) is 0.166. The smallest absolute Gasteiger partial charge is 0.143 e. The Balaban J connectivity index is 0.00000372. The van der Waals surface area contributed by atoms with E-state index in [4.69, 9.17) is 13.8 Å². The predicted molar refractivity (Wildman–Crippen MR) is 204 cm³/mol. The number of para-hydroxylation sites is 4. The summed E-state index contributed by atoms with van der Waals surface area (Å²) in [5.41, 5.74) is 7.87. The van der Waals surface area contributed by atoms with Crippen LogP contribution >= 0.6 is 0 Å². The number of fused-ring (bicyclic) bond motifs is 11. The third kappa shape index (κ3) is 4.19. The van der Waals surface area contributed by atoms with Crippen LogP contribution in [0.2, 0.25) is 0 Å². The van der Waals surface area contributed by atoms with Crippen molar-refractivity contribution in [1.82, 2.24) is 13.8 Å². The van der Waals surface area contributed by atoms with E-state index in [-0.39, 0.29) is 21.1 Å². The van der Waals surface area contributed by atoms with Crippen molar-refractivity contribution in [2.24, 2.45) is 0 Å². The van der Waals surface area contributed by atoms with Gasteiger partial charge in [0.15, 0.2) is 0 Å². The van der Waals surface area contributed by atoms with Gasteiger partial charge < -0.3 is 23.3 Å². The van der Waals surface area contributed by atoms with Crippen LogP contribution in [-0.2, 0) is 21.1 Å². The fourth-order valence-corrected chi connectivity index (χ4v) is 7.86. The molecule has 0 unspecified atom stereocenters. The van der Waals surface area contributed by atoms with Crippen molar-refractivity contribution in [2.75, 3.05) is 16.8 Å². The SMILES string of the molecule is [2H]C([2H])([2H])N1[CH-]N(c2[c-]c(Oc3[c-]c4c(cc3)c3cc(C#N)cc5c3n4c3ncccc3c3cccc4c6ccccc6n5c43)ccc2)c2ccccc21.[Pt]. The summed E-state index contributed by atoms with van der Waals surface area (Å²) < 4.78 is 35.2. The van der Waals surface area contributed by atoms with E-state index in [9.17, 15) is 5.26 Å². The molecule has 0 fully saturated rings. The van der Waals surface area contributed by atoms with Crippen molar-refractivity contribution in [3.63, 3.8) is 0 Å². The van der Waals surface area contributed by atoms with Gasteiger partial charge in [0.1, 0.15) is 5.65 Å². The van der Waals surface area contributed by atoms with Crippen molar-refractivity contribution in [3.05, 3.63) is 152 Å². The summed E-state index contributed by atoms with van der Waals surface area (Å²) in [5.74, 6) is 0.895. The first-order valence-electron chi connectivity index (χ1n) is 18.0. The molecule has 7 nitrogen and oxygen atoms in total. The maximum atomic E-state index is 10.3. The van der Waals surface area contributed by atoms with E-state index in [2.05, 4.69) is 69.5 Å². The van der Waals surface area contributed by atoms with Crippen LogP contribution in [0, 0.1) is 30.1 Å². The first-order chi connectivity index (χ1) is 26.4. The second-order valence-corrected chi connectivity index (χ2v) is 12.7. The number of anilines is 3. The second-order valence-electron chi connectivity index (χ2n) is 12.7. The molecular weight excluding hydrogens is 824 g/mol. The van der Waals surface area contributed by atoms with Gasteiger partial charge in [-0.3, -0.25) is 0 Å². The van der Waals surface area contributed by atoms with Crippen molar-refractivity contribution >= 4 is 82.6 Å². The first-order valence-corrected chi connectivity index (χ1v) is 16.5. The molecule has 1 aliphatic heterocycles. The van der Waals surface area contributed by atoms with Crippen LogP contribution in [0.4, 0.5) is 17.1 Å². The minimum Gasteiger partial charge on any atom is -0.509 e. The van der Waals surface area contributed by atoms with Crippen LogP contribution in [0.1, 0.15) is 9.68 Å². The van der Waals surface area contributed by atoms with Gasteiger partial charge >= 0.3 is 0 Å². The predicted octanol–water partition coefficient (Wildman–Crippen LogP) is 10.3.